The van der Waals surface area contributed by atoms with Crippen LogP contribution in [0.2, 0.25) is 0 Å². The van der Waals surface area contributed by atoms with Crippen molar-refractivity contribution < 1.29 is 0 Å². The maximum atomic E-state index is 3.51. The van der Waals surface area contributed by atoms with E-state index in [-0.39, 0.29) is 0 Å². The summed E-state index contributed by atoms with van der Waals surface area (Å²) in [6, 6.07) is 7.37. The molecule has 0 saturated heterocycles. The number of likely N-dealkylation sites (N-methyl/N-ethyl adjacent to an activating group) is 1. The lowest BCUT2D eigenvalue weighted by Crippen LogP contribution is -2.30. The molecule has 0 aliphatic rings. The number of nitrogens with one attached hydrogen (secondary N) is 1. The molecule has 1 aromatic carbocycles. The van der Waals surface area contributed by atoms with E-state index in [1.165, 1.54) is 29.5 Å². The Balaban J connectivity index is 2.65. The molecule has 0 aliphatic heterocycles. The molecule has 2 atom stereocenters. The van der Waals surface area contributed by atoms with Gasteiger partial charge in [0, 0.05) is 6.04 Å². The van der Waals surface area contributed by atoms with Gasteiger partial charge in [0.25, 0.3) is 0 Å². The van der Waals surface area contributed by atoms with Gasteiger partial charge in [-0.05, 0) is 62.6 Å². The summed E-state index contributed by atoms with van der Waals surface area (Å²) in [5.74, 6) is 0.762. The average Bonchev–Trinajstić information content (AvgIpc) is 2.30. The molecule has 0 heterocycles. The highest BCUT2D eigenvalue weighted by molar-refractivity contribution is 5.31. The first kappa shape index (κ1) is 17.2. The monoisotopic (exact) mass is 275 g/mol. The highest BCUT2D eigenvalue weighted by Gasteiger charge is 2.19. The van der Waals surface area contributed by atoms with E-state index in [0.717, 1.165) is 12.3 Å². The minimum Gasteiger partial charge on any atom is -0.317 e. The third kappa shape index (κ3) is 6.09. The van der Waals surface area contributed by atoms with Crippen molar-refractivity contribution in [3.8, 4) is 0 Å². The SMILES string of the molecule is CNC(Cc1cc(C)ccc1C)CC(C)CC(C)(C)C. The molecule has 0 aliphatic carbocycles. The van der Waals surface area contributed by atoms with Crippen molar-refractivity contribution in [1.82, 2.24) is 5.32 Å². The van der Waals surface area contributed by atoms with Crippen molar-refractivity contribution in [1.29, 1.82) is 0 Å². The molecule has 1 aromatic rings. The second-order valence-electron chi connectivity index (χ2n) is 7.73. The lowest BCUT2D eigenvalue weighted by atomic mass is 9.82. The van der Waals surface area contributed by atoms with Crippen LogP contribution in [-0.2, 0) is 6.42 Å². The topological polar surface area (TPSA) is 12.0 Å². The molecule has 1 heteroatoms. The first-order valence-electron chi connectivity index (χ1n) is 7.94. The largest absolute Gasteiger partial charge is 0.317 e. The van der Waals surface area contributed by atoms with E-state index >= 15 is 0 Å². The van der Waals surface area contributed by atoms with Crippen LogP contribution >= 0.6 is 0 Å². The average molecular weight is 275 g/mol. The molecule has 20 heavy (non-hydrogen) atoms. The highest BCUT2D eigenvalue weighted by atomic mass is 14.9. The summed E-state index contributed by atoms with van der Waals surface area (Å²) < 4.78 is 0. The second-order valence-corrected chi connectivity index (χ2v) is 7.73. The number of hydrogen-bond donors (Lipinski definition) is 1. The van der Waals surface area contributed by atoms with Gasteiger partial charge in [-0.1, -0.05) is 51.5 Å². The van der Waals surface area contributed by atoms with Crippen molar-refractivity contribution >= 4 is 0 Å². The molecule has 0 amide bonds. The third-order valence-electron chi connectivity index (χ3n) is 4.03. The van der Waals surface area contributed by atoms with Gasteiger partial charge in [-0.2, -0.15) is 0 Å². The van der Waals surface area contributed by atoms with Crippen LogP contribution in [0.3, 0.4) is 0 Å². The lowest BCUT2D eigenvalue weighted by molar-refractivity contribution is 0.277. The number of rotatable bonds is 6. The quantitative estimate of drug-likeness (QED) is 0.779. The van der Waals surface area contributed by atoms with E-state index in [0.29, 0.717) is 11.5 Å². The lowest BCUT2D eigenvalue weighted by Gasteiger charge is -2.27. The molecule has 2 unspecified atom stereocenters. The van der Waals surface area contributed by atoms with Crippen LogP contribution in [0.1, 0.15) is 57.2 Å². The van der Waals surface area contributed by atoms with Gasteiger partial charge in [0.2, 0.25) is 0 Å². The predicted octanol–water partition coefficient (Wildman–Crippen LogP) is 4.90. The van der Waals surface area contributed by atoms with Crippen LogP contribution in [0, 0.1) is 25.2 Å². The molecule has 1 rings (SSSR count). The predicted molar refractivity (Wildman–Crippen MR) is 90.3 cm³/mol. The van der Waals surface area contributed by atoms with Gasteiger partial charge in [-0.3, -0.25) is 0 Å². The Morgan fingerprint density at radius 1 is 1.15 bits per heavy atom. The van der Waals surface area contributed by atoms with Crippen molar-refractivity contribution in [2.45, 2.75) is 66.8 Å². The zero-order valence-electron chi connectivity index (χ0n) is 14.5. The maximum absolute atomic E-state index is 3.51. The molecule has 114 valence electrons. The van der Waals surface area contributed by atoms with Crippen LogP contribution < -0.4 is 5.32 Å². The summed E-state index contributed by atoms with van der Waals surface area (Å²) >= 11 is 0. The van der Waals surface area contributed by atoms with E-state index in [1.54, 1.807) is 0 Å². The molecule has 0 radical (unpaired) electrons. The van der Waals surface area contributed by atoms with Gasteiger partial charge in [-0.25, -0.2) is 0 Å². The van der Waals surface area contributed by atoms with Crippen molar-refractivity contribution in [3.05, 3.63) is 34.9 Å². The van der Waals surface area contributed by atoms with Crippen LogP contribution in [0.25, 0.3) is 0 Å². The second kappa shape index (κ2) is 7.26. The minimum atomic E-state index is 0.428. The molecule has 1 nitrogen and oxygen atoms in total. The van der Waals surface area contributed by atoms with Crippen LogP contribution in [0.5, 0.6) is 0 Å². The van der Waals surface area contributed by atoms with Crippen molar-refractivity contribution in [2.24, 2.45) is 11.3 Å². The summed E-state index contributed by atoms with van der Waals surface area (Å²) in [7, 11) is 2.10. The number of benzene rings is 1. The zero-order chi connectivity index (χ0) is 15.3. The summed E-state index contributed by atoms with van der Waals surface area (Å²) in [6.07, 6.45) is 3.68. The summed E-state index contributed by atoms with van der Waals surface area (Å²) in [5, 5.41) is 3.51. The molecule has 0 fully saturated rings. The van der Waals surface area contributed by atoms with Gasteiger partial charge in [-0.15, -0.1) is 0 Å². The fraction of sp³-hybridized carbons (Fsp3) is 0.684. The van der Waals surface area contributed by atoms with Gasteiger partial charge < -0.3 is 5.32 Å². The summed E-state index contributed by atoms with van der Waals surface area (Å²) in [6.45, 7) is 13.8. The van der Waals surface area contributed by atoms with E-state index < -0.39 is 0 Å². The molecule has 1 N–H and O–H groups in total. The highest BCUT2D eigenvalue weighted by Crippen LogP contribution is 2.27. The Bertz CT molecular complexity index is 414. The first-order chi connectivity index (χ1) is 9.21. The van der Waals surface area contributed by atoms with E-state index in [9.17, 15) is 0 Å². The molecule has 0 aromatic heterocycles. The molecule has 0 spiro atoms. The fourth-order valence-electron chi connectivity index (χ4n) is 3.20. The van der Waals surface area contributed by atoms with Crippen molar-refractivity contribution in [2.75, 3.05) is 7.05 Å². The van der Waals surface area contributed by atoms with E-state index in [4.69, 9.17) is 0 Å². The number of aryl methyl sites for hydroxylation is 2. The van der Waals surface area contributed by atoms with Crippen molar-refractivity contribution in [3.63, 3.8) is 0 Å². The Labute approximate surface area is 126 Å². The van der Waals surface area contributed by atoms with E-state index in [2.05, 4.69) is 72.1 Å². The van der Waals surface area contributed by atoms with Gasteiger partial charge in [0.1, 0.15) is 0 Å². The molecule has 0 bridgehead atoms. The van der Waals surface area contributed by atoms with Gasteiger partial charge in [0.15, 0.2) is 0 Å². The van der Waals surface area contributed by atoms with Gasteiger partial charge in [0.05, 0.1) is 0 Å². The fourth-order valence-corrected chi connectivity index (χ4v) is 3.20. The Hall–Kier alpha value is -0.820. The molecule has 0 saturated carbocycles. The first-order valence-corrected chi connectivity index (χ1v) is 7.94. The molecular formula is C19H33N. The van der Waals surface area contributed by atoms with E-state index in [1.807, 2.05) is 0 Å². The smallest absolute Gasteiger partial charge is 0.0107 e. The van der Waals surface area contributed by atoms with Gasteiger partial charge >= 0.3 is 0 Å². The summed E-state index contributed by atoms with van der Waals surface area (Å²) in [4.78, 5) is 0. The Kier molecular flexibility index (Phi) is 6.26. The van der Waals surface area contributed by atoms with Crippen LogP contribution in [0.15, 0.2) is 18.2 Å². The normalized spacial score (nSPS) is 15.2. The summed E-state index contributed by atoms with van der Waals surface area (Å²) in [5.41, 5.74) is 4.70. The maximum Gasteiger partial charge on any atom is 0.0107 e. The Morgan fingerprint density at radius 2 is 1.80 bits per heavy atom. The minimum absolute atomic E-state index is 0.428. The van der Waals surface area contributed by atoms with Crippen LogP contribution in [-0.4, -0.2) is 13.1 Å². The molecular weight excluding hydrogens is 242 g/mol. The third-order valence-corrected chi connectivity index (χ3v) is 4.03. The Morgan fingerprint density at radius 3 is 2.35 bits per heavy atom. The number of hydrogen-bond acceptors (Lipinski definition) is 1. The standard InChI is InChI=1S/C19H33N/c1-14-8-9-16(3)17(10-14)12-18(20-7)11-15(2)13-19(4,5)6/h8-10,15,18,20H,11-13H2,1-7H3. The van der Waals surface area contributed by atoms with Crippen LogP contribution in [0.4, 0.5) is 0 Å². The zero-order valence-corrected chi connectivity index (χ0v) is 14.5.